The maximum absolute atomic E-state index is 14.0. The van der Waals surface area contributed by atoms with Crippen molar-refractivity contribution in [1.82, 2.24) is 10.2 Å². The number of likely N-dealkylation sites (N-methyl/N-ethyl adjacent to an activating group) is 1. The number of primary amides is 1. The van der Waals surface area contributed by atoms with Gasteiger partial charge in [0.25, 0.3) is 5.91 Å². The number of nitrogens with two attached hydrogens (primary N) is 1. The lowest BCUT2D eigenvalue weighted by molar-refractivity contribution is -0.162. The lowest BCUT2D eigenvalue weighted by Crippen LogP contribution is -2.68. The fraction of sp³-hybridized carbons (Fsp3) is 0.500. The fourth-order valence-corrected chi connectivity index (χ4v) is 7.32. The molecule has 1 aromatic rings. The van der Waals surface area contributed by atoms with Gasteiger partial charge >= 0.3 is 7.12 Å². The number of Topliss-reactive ketones (excluding diaryl/α,β-unsaturated/α-hetero) is 2. The molecule has 1 fully saturated rings. The van der Waals surface area contributed by atoms with E-state index in [0.29, 0.717) is 12.7 Å². The number of rotatable bonds is 8. The molecule has 1 heterocycles. The van der Waals surface area contributed by atoms with Crippen LogP contribution in [-0.2, 0) is 23.8 Å². The van der Waals surface area contributed by atoms with Crippen molar-refractivity contribution in [2.75, 3.05) is 26.0 Å². The number of phenolic OH excluding ortho intramolecular Hbond substituents is 1. The number of nitrogens with one attached hydrogen (secondary N) is 2. The van der Waals surface area contributed by atoms with Crippen molar-refractivity contribution in [3.05, 3.63) is 45.9 Å². The third-order valence-electron chi connectivity index (χ3n) is 9.60. The van der Waals surface area contributed by atoms with Crippen LogP contribution < -0.4 is 16.4 Å². The number of anilines is 1. The van der Waals surface area contributed by atoms with Crippen molar-refractivity contribution < 1.29 is 59.2 Å². The summed E-state index contributed by atoms with van der Waals surface area (Å²) < 4.78 is 5.22. The molecule has 17 heteroatoms. The molecule has 1 aliphatic heterocycles. The minimum absolute atomic E-state index is 0.167. The second kappa shape index (κ2) is 12.4. The minimum atomic E-state index is -3.05. The van der Waals surface area contributed by atoms with Crippen LogP contribution in [0.15, 0.2) is 34.8 Å². The van der Waals surface area contributed by atoms with Gasteiger partial charge in [-0.15, -0.1) is 0 Å². The van der Waals surface area contributed by atoms with Gasteiger partial charge in [-0.2, -0.15) is 0 Å². The Morgan fingerprint density at radius 2 is 1.79 bits per heavy atom. The lowest BCUT2D eigenvalue weighted by atomic mass is 9.55. The Morgan fingerprint density at radius 3 is 2.38 bits per heavy atom. The number of phenols is 1. The van der Waals surface area contributed by atoms with Crippen molar-refractivity contribution in [2.24, 2.45) is 17.6 Å². The summed E-state index contributed by atoms with van der Waals surface area (Å²) in [5.41, 5.74) is 0.390. The Labute approximate surface area is 269 Å². The number of amides is 3. The number of carbonyl (C=O) groups is 5. The molecule has 4 aliphatic rings. The summed E-state index contributed by atoms with van der Waals surface area (Å²) in [6.07, 6.45) is -1.52. The number of aliphatic hydroxyl groups excluding tert-OH is 3. The number of fused-ring (bicyclic) bond motifs is 3. The molecular weight excluding hydrogens is 619 g/mol. The Bertz CT molecular complexity index is 1630. The molecule has 0 bridgehead atoms. The highest BCUT2D eigenvalue weighted by Gasteiger charge is 2.67. The van der Waals surface area contributed by atoms with Gasteiger partial charge in [0.2, 0.25) is 17.6 Å². The highest BCUT2D eigenvalue weighted by atomic mass is 16.5. The first-order valence-corrected chi connectivity index (χ1v) is 15.1. The predicted molar refractivity (Wildman–Crippen MR) is 163 cm³/mol. The molecule has 1 saturated heterocycles. The van der Waals surface area contributed by atoms with E-state index in [1.165, 1.54) is 31.1 Å². The van der Waals surface area contributed by atoms with Crippen LogP contribution in [0.1, 0.15) is 48.0 Å². The summed E-state index contributed by atoms with van der Waals surface area (Å²) >= 11 is 0. The fourth-order valence-electron chi connectivity index (χ4n) is 7.32. The van der Waals surface area contributed by atoms with Crippen LogP contribution in [0.25, 0.3) is 0 Å². The third-order valence-corrected chi connectivity index (χ3v) is 9.60. The zero-order chi connectivity index (χ0) is 34.7. The number of hydrogen-bond donors (Lipinski definition) is 9. The first kappa shape index (κ1) is 34.1. The van der Waals surface area contributed by atoms with Crippen LogP contribution in [0.4, 0.5) is 5.69 Å². The van der Waals surface area contributed by atoms with E-state index in [1.54, 1.807) is 6.92 Å². The van der Waals surface area contributed by atoms with E-state index in [2.05, 4.69) is 10.6 Å². The normalized spacial score (nSPS) is 30.2. The second-order valence-electron chi connectivity index (χ2n) is 12.6. The second-order valence-corrected chi connectivity index (χ2v) is 12.6. The van der Waals surface area contributed by atoms with E-state index in [0.717, 1.165) is 0 Å². The van der Waals surface area contributed by atoms with Gasteiger partial charge in [0, 0.05) is 30.9 Å². The maximum Gasteiger partial charge on any atom is 0.454 e. The highest BCUT2D eigenvalue weighted by Crippen LogP contribution is 2.56. The maximum atomic E-state index is 14.0. The number of carbonyl (C=O) groups excluding carboxylic acids is 5. The molecule has 0 saturated carbocycles. The minimum Gasteiger partial charge on any atom is -0.510 e. The smallest absolute Gasteiger partial charge is 0.454 e. The molecule has 47 heavy (non-hydrogen) atoms. The van der Waals surface area contributed by atoms with E-state index in [9.17, 15) is 54.5 Å². The van der Waals surface area contributed by atoms with Gasteiger partial charge in [0.15, 0.2) is 17.1 Å². The van der Waals surface area contributed by atoms with Crippen LogP contribution in [0.2, 0.25) is 6.32 Å². The summed E-state index contributed by atoms with van der Waals surface area (Å²) in [4.78, 5) is 65.9. The van der Waals surface area contributed by atoms with Gasteiger partial charge in [0.1, 0.15) is 17.1 Å². The van der Waals surface area contributed by atoms with Crippen molar-refractivity contribution in [2.45, 2.75) is 62.3 Å². The van der Waals surface area contributed by atoms with Gasteiger partial charge in [-0.1, -0.05) is 13.0 Å². The molecule has 10 N–H and O–H groups in total. The van der Waals surface area contributed by atoms with Gasteiger partial charge in [0.05, 0.1) is 35.4 Å². The van der Waals surface area contributed by atoms with Crippen LogP contribution >= 0.6 is 0 Å². The molecule has 252 valence electrons. The van der Waals surface area contributed by atoms with Gasteiger partial charge < -0.3 is 51.6 Å². The molecule has 0 spiro atoms. The molecule has 7 atom stereocenters. The average Bonchev–Trinajstić information content (AvgIpc) is 3.42. The van der Waals surface area contributed by atoms with Crippen LogP contribution in [0, 0.1) is 11.8 Å². The van der Waals surface area contributed by atoms with Gasteiger partial charge in [-0.05, 0) is 44.4 Å². The molecule has 0 aromatic heterocycles. The van der Waals surface area contributed by atoms with Crippen LogP contribution in [0.3, 0.4) is 0 Å². The van der Waals surface area contributed by atoms with Crippen molar-refractivity contribution in [1.29, 1.82) is 0 Å². The largest absolute Gasteiger partial charge is 0.510 e. The third kappa shape index (κ3) is 5.47. The Kier molecular flexibility index (Phi) is 8.98. The summed E-state index contributed by atoms with van der Waals surface area (Å²) in [6.45, 7) is 1.75. The topological polar surface area (TPSA) is 269 Å². The van der Waals surface area contributed by atoms with Crippen molar-refractivity contribution in [3.63, 3.8) is 0 Å². The summed E-state index contributed by atoms with van der Waals surface area (Å²) in [7, 11) is 2.02. The van der Waals surface area contributed by atoms with E-state index >= 15 is 0 Å². The van der Waals surface area contributed by atoms with E-state index in [4.69, 9.17) is 10.4 Å². The van der Waals surface area contributed by atoms with Crippen molar-refractivity contribution >= 4 is 42.1 Å². The zero-order valence-electron chi connectivity index (χ0n) is 25.9. The molecule has 16 nitrogen and oxygen atoms in total. The molecule has 3 aliphatic carbocycles. The van der Waals surface area contributed by atoms with Crippen LogP contribution in [0.5, 0.6) is 5.75 Å². The number of nitrogens with zero attached hydrogens (tertiary/aromatic N) is 1. The number of aromatic hydroxyl groups is 1. The average molecular weight is 656 g/mol. The molecule has 0 unspecified atom stereocenters. The van der Waals surface area contributed by atoms with E-state index in [1.807, 2.05) is 0 Å². The monoisotopic (exact) mass is 656 g/mol. The summed E-state index contributed by atoms with van der Waals surface area (Å²) in [6, 6.07) is 1.40. The Hall–Kier alpha value is -4.29. The predicted octanol–water partition coefficient (Wildman–Crippen LogP) is -1.24. The number of benzene rings is 1. The number of aliphatic hydroxyl groups is 4. The van der Waals surface area contributed by atoms with E-state index in [-0.39, 0.29) is 42.3 Å². The molecular formula is C30H37BN4O12. The SMILES string of the molecule is C[C@H]1c2ccc(NC(=O)CCC(=O)NC[C@H]3CCB(O)O3)c(O)c2C(=O)C2=C(O)[C@]3(O)C(=O)C(C(N)=O)=C(O)[C@@H](N(C)C)[C@@H]3[C@@H](O)[C@@H]21. The first-order chi connectivity index (χ1) is 22.0. The molecule has 0 radical (unpaired) electrons. The standard InChI is InChI=1S/C30H37BN4O12/c1-11-13-4-5-14(34-16(37)7-6-15(36)33-10-12-8-9-31(46)47-12)23(38)18(13)24(39)19-17(11)25(40)21-22(35(2)3)26(41)20(29(32)44)28(43)30(21,45)27(19)42/h4-5,11-12,17,21-22,25,38,40-42,45-46H,6-10H2,1-3H3,(H2,32,44)(H,33,36)(H,34,37)/t11-,12+,17+,21+,22-,25-,30-/m0/s1. The van der Waals surface area contributed by atoms with Gasteiger partial charge in [-0.25, -0.2) is 0 Å². The molecule has 1 aromatic carbocycles. The highest BCUT2D eigenvalue weighted by molar-refractivity contribution is 6.43. The summed E-state index contributed by atoms with van der Waals surface area (Å²) in [5, 5.41) is 71.5. The Balaban J connectivity index is 1.43. The molecule has 3 amide bonds. The number of ketones is 2. The Morgan fingerprint density at radius 1 is 1.13 bits per heavy atom. The van der Waals surface area contributed by atoms with Gasteiger partial charge in [-0.3, -0.25) is 28.9 Å². The zero-order valence-corrected chi connectivity index (χ0v) is 25.9. The molecule has 5 rings (SSSR count). The summed E-state index contributed by atoms with van der Waals surface area (Å²) in [5.74, 6) is -11.4. The quantitative estimate of drug-likeness (QED) is 0.0901. The van der Waals surface area contributed by atoms with E-state index < -0.39 is 100 Å². The lowest BCUT2D eigenvalue weighted by Gasteiger charge is -2.53. The number of hydrogen-bond acceptors (Lipinski definition) is 13. The van der Waals surface area contributed by atoms with Crippen LogP contribution in [-0.4, -0.2) is 116 Å². The first-order valence-electron chi connectivity index (χ1n) is 15.1. The van der Waals surface area contributed by atoms with Crippen molar-refractivity contribution in [3.8, 4) is 5.75 Å².